The van der Waals surface area contributed by atoms with Gasteiger partial charge in [-0.25, -0.2) is 4.39 Å². The molecule has 0 amide bonds. The maximum absolute atomic E-state index is 14.8. The molecule has 0 radical (unpaired) electrons. The van der Waals surface area contributed by atoms with E-state index in [1.165, 1.54) is 16.7 Å². The number of benzene rings is 4. The molecule has 0 aromatic heterocycles. The SMILES string of the molecule is CCc1ccc(CCc2ccc(C#Cc3ccc4cc(C)ccc4c3F)cc2)cc1. The van der Waals surface area contributed by atoms with E-state index in [-0.39, 0.29) is 5.82 Å². The molecule has 0 N–H and O–H groups in total. The number of halogens is 1. The Hall–Kier alpha value is -3.37. The van der Waals surface area contributed by atoms with Crippen LogP contribution in [0.25, 0.3) is 10.8 Å². The Morgan fingerprint density at radius 1 is 0.700 bits per heavy atom. The van der Waals surface area contributed by atoms with Gasteiger partial charge in [0.15, 0.2) is 0 Å². The Kier molecular flexibility index (Phi) is 5.96. The van der Waals surface area contributed by atoms with E-state index < -0.39 is 0 Å². The lowest BCUT2D eigenvalue weighted by Crippen LogP contribution is -1.92. The standard InChI is InChI=1S/C29H25F/c1-3-22-5-7-23(8-6-22)9-10-24-11-13-25(14-12-24)15-16-26-17-18-27-20-21(2)4-19-28(27)29(26)30/h4-8,11-14,17-20H,3,9-10H2,1-2H3. The Morgan fingerprint density at radius 2 is 1.33 bits per heavy atom. The summed E-state index contributed by atoms with van der Waals surface area (Å²) < 4.78 is 14.8. The van der Waals surface area contributed by atoms with Crippen LogP contribution in [0.3, 0.4) is 0 Å². The summed E-state index contributed by atoms with van der Waals surface area (Å²) in [5.41, 5.74) is 6.48. The van der Waals surface area contributed by atoms with E-state index in [0.717, 1.165) is 35.8 Å². The normalized spacial score (nSPS) is 10.6. The third kappa shape index (κ3) is 4.61. The minimum absolute atomic E-state index is 0.245. The fourth-order valence-electron chi connectivity index (χ4n) is 3.63. The van der Waals surface area contributed by atoms with Gasteiger partial charge in [-0.3, -0.25) is 0 Å². The van der Waals surface area contributed by atoms with Crippen molar-refractivity contribution in [1.29, 1.82) is 0 Å². The van der Waals surface area contributed by atoms with Crippen molar-refractivity contribution in [2.24, 2.45) is 0 Å². The van der Waals surface area contributed by atoms with Crippen molar-refractivity contribution in [3.8, 4) is 11.8 Å². The van der Waals surface area contributed by atoms with Crippen LogP contribution in [0.2, 0.25) is 0 Å². The molecule has 0 aliphatic rings. The van der Waals surface area contributed by atoms with Gasteiger partial charge in [0, 0.05) is 10.9 Å². The molecule has 0 saturated carbocycles. The highest BCUT2D eigenvalue weighted by atomic mass is 19.1. The third-order valence-electron chi connectivity index (χ3n) is 5.54. The Bertz CT molecular complexity index is 1220. The maximum atomic E-state index is 14.8. The van der Waals surface area contributed by atoms with Gasteiger partial charge in [-0.05, 0) is 66.5 Å². The van der Waals surface area contributed by atoms with Crippen LogP contribution in [0.5, 0.6) is 0 Å². The zero-order valence-corrected chi connectivity index (χ0v) is 17.5. The molecule has 148 valence electrons. The van der Waals surface area contributed by atoms with E-state index in [9.17, 15) is 4.39 Å². The summed E-state index contributed by atoms with van der Waals surface area (Å²) in [6.07, 6.45) is 3.10. The Labute approximate surface area is 178 Å². The topological polar surface area (TPSA) is 0 Å². The van der Waals surface area contributed by atoms with Crippen LogP contribution < -0.4 is 0 Å². The molecule has 0 unspecified atom stereocenters. The molecule has 0 fully saturated rings. The van der Waals surface area contributed by atoms with Gasteiger partial charge in [-0.15, -0.1) is 0 Å². The van der Waals surface area contributed by atoms with Crippen LogP contribution in [0.1, 0.15) is 40.3 Å². The van der Waals surface area contributed by atoms with Crippen LogP contribution in [0.4, 0.5) is 4.39 Å². The Balaban J connectivity index is 1.45. The van der Waals surface area contributed by atoms with Gasteiger partial charge in [0.1, 0.15) is 5.82 Å². The minimum Gasteiger partial charge on any atom is -0.205 e. The van der Waals surface area contributed by atoms with Crippen molar-refractivity contribution in [2.75, 3.05) is 0 Å². The van der Waals surface area contributed by atoms with Gasteiger partial charge in [0.2, 0.25) is 0 Å². The summed E-state index contributed by atoms with van der Waals surface area (Å²) >= 11 is 0. The lowest BCUT2D eigenvalue weighted by Gasteiger charge is -2.04. The summed E-state index contributed by atoms with van der Waals surface area (Å²) in [7, 11) is 0. The maximum Gasteiger partial charge on any atom is 0.146 e. The molecule has 4 rings (SSSR count). The summed E-state index contributed by atoms with van der Waals surface area (Å²) in [4.78, 5) is 0. The molecule has 0 aliphatic heterocycles. The fraction of sp³-hybridized carbons (Fsp3) is 0.172. The number of rotatable bonds is 4. The monoisotopic (exact) mass is 392 g/mol. The number of hydrogen-bond donors (Lipinski definition) is 0. The molecule has 0 saturated heterocycles. The summed E-state index contributed by atoms with van der Waals surface area (Å²) in [6.45, 7) is 4.19. The van der Waals surface area contributed by atoms with E-state index in [0.29, 0.717) is 10.9 Å². The molecule has 0 heterocycles. The quantitative estimate of drug-likeness (QED) is 0.327. The smallest absolute Gasteiger partial charge is 0.146 e. The molecule has 30 heavy (non-hydrogen) atoms. The molecular weight excluding hydrogens is 367 g/mol. The summed E-state index contributed by atoms with van der Waals surface area (Å²) in [5.74, 6) is 5.86. The molecule has 0 aliphatic carbocycles. The highest BCUT2D eigenvalue weighted by Crippen LogP contribution is 2.22. The van der Waals surface area contributed by atoms with E-state index in [4.69, 9.17) is 0 Å². The van der Waals surface area contributed by atoms with Crippen molar-refractivity contribution in [1.82, 2.24) is 0 Å². The van der Waals surface area contributed by atoms with Gasteiger partial charge in [-0.2, -0.15) is 0 Å². The number of aryl methyl sites for hydroxylation is 4. The zero-order chi connectivity index (χ0) is 20.9. The molecule has 0 nitrogen and oxygen atoms in total. The second-order valence-electron chi connectivity index (χ2n) is 7.77. The van der Waals surface area contributed by atoms with Gasteiger partial charge in [0.25, 0.3) is 0 Å². The molecule has 4 aromatic rings. The molecular formula is C29H25F. The first kappa shape index (κ1) is 19.9. The van der Waals surface area contributed by atoms with Crippen LogP contribution in [-0.4, -0.2) is 0 Å². The fourth-order valence-corrected chi connectivity index (χ4v) is 3.63. The van der Waals surface area contributed by atoms with Crippen molar-refractivity contribution in [3.63, 3.8) is 0 Å². The zero-order valence-electron chi connectivity index (χ0n) is 17.5. The first-order chi connectivity index (χ1) is 14.6. The van der Waals surface area contributed by atoms with Crippen molar-refractivity contribution < 1.29 is 4.39 Å². The largest absolute Gasteiger partial charge is 0.205 e. The predicted octanol–water partition coefficient (Wildman–Crippen LogP) is 7.03. The summed E-state index contributed by atoms with van der Waals surface area (Å²) in [5, 5.41) is 1.53. The second-order valence-corrected chi connectivity index (χ2v) is 7.77. The van der Waals surface area contributed by atoms with Gasteiger partial charge >= 0.3 is 0 Å². The molecule has 1 heteroatoms. The second kappa shape index (κ2) is 8.97. The third-order valence-corrected chi connectivity index (χ3v) is 5.54. The molecule has 4 aromatic carbocycles. The molecule has 0 spiro atoms. The average Bonchev–Trinajstić information content (AvgIpc) is 2.78. The van der Waals surface area contributed by atoms with E-state index in [1.807, 2.05) is 43.3 Å². The number of hydrogen-bond acceptors (Lipinski definition) is 0. The predicted molar refractivity (Wildman–Crippen MR) is 124 cm³/mol. The van der Waals surface area contributed by atoms with Crippen molar-refractivity contribution in [2.45, 2.75) is 33.1 Å². The van der Waals surface area contributed by atoms with Crippen molar-refractivity contribution >= 4 is 10.8 Å². The van der Waals surface area contributed by atoms with Crippen LogP contribution in [0, 0.1) is 24.6 Å². The molecule has 0 atom stereocenters. The first-order valence-corrected chi connectivity index (χ1v) is 10.5. The van der Waals surface area contributed by atoms with Gasteiger partial charge in [-0.1, -0.05) is 85.0 Å². The number of fused-ring (bicyclic) bond motifs is 1. The van der Waals surface area contributed by atoms with E-state index >= 15 is 0 Å². The lowest BCUT2D eigenvalue weighted by molar-refractivity contribution is 0.636. The highest BCUT2D eigenvalue weighted by Gasteiger charge is 2.05. The lowest BCUT2D eigenvalue weighted by atomic mass is 10.0. The first-order valence-electron chi connectivity index (χ1n) is 10.5. The molecule has 0 bridgehead atoms. The highest BCUT2D eigenvalue weighted by molar-refractivity contribution is 5.85. The summed E-state index contributed by atoms with van der Waals surface area (Å²) in [6, 6.07) is 26.6. The van der Waals surface area contributed by atoms with Crippen LogP contribution in [0.15, 0.2) is 78.9 Å². The van der Waals surface area contributed by atoms with Crippen molar-refractivity contribution in [3.05, 3.63) is 118 Å². The van der Waals surface area contributed by atoms with Crippen LogP contribution in [-0.2, 0) is 19.3 Å². The van der Waals surface area contributed by atoms with Crippen LogP contribution >= 0.6 is 0 Å². The van der Waals surface area contributed by atoms with Gasteiger partial charge < -0.3 is 0 Å². The van der Waals surface area contributed by atoms with E-state index in [2.05, 4.69) is 55.2 Å². The minimum atomic E-state index is -0.245. The van der Waals surface area contributed by atoms with Gasteiger partial charge in [0.05, 0.1) is 5.56 Å². The Morgan fingerprint density at radius 3 is 2.00 bits per heavy atom. The van der Waals surface area contributed by atoms with E-state index in [1.54, 1.807) is 6.07 Å². The average molecular weight is 393 g/mol.